The van der Waals surface area contributed by atoms with E-state index in [1.807, 2.05) is 28.8 Å². The largest absolute Gasteiger partial charge is 0.480 e. The van der Waals surface area contributed by atoms with Gasteiger partial charge in [0, 0.05) is 6.54 Å². The Kier molecular flexibility index (Phi) is 5.35. The molecule has 1 heterocycles. The van der Waals surface area contributed by atoms with Gasteiger partial charge in [-0.3, -0.25) is 14.8 Å². The van der Waals surface area contributed by atoms with Crippen molar-refractivity contribution in [2.45, 2.75) is 32.9 Å². The zero-order valence-electron chi connectivity index (χ0n) is 10.8. The van der Waals surface area contributed by atoms with E-state index >= 15 is 0 Å². The molecule has 0 aliphatic carbocycles. The fraction of sp³-hybridized carbons (Fsp3) is 0.385. The number of aromatic nitrogens is 2. The fourth-order valence-electron chi connectivity index (χ4n) is 2.13. The average molecular weight is 328 g/mol. The van der Waals surface area contributed by atoms with Gasteiger partial charge in [-0.1, -0.05) is 25.5 Å². The molecule has 5 nitrogen and oxygen atoms in total. The number of hydrogen-bond acceptors (Lipinski definition) is 2. The maximum atomic E-state index is 10.9. The summed E-state index contributed by atoms with van der Waals surface area (Å²) in [6.07, 6.45) is 2.03. The van der Waals surface area contributed by atoms with Crippen LogP contribution in [0.1, 0.15) is 19.8 Å². The summed E-state index contributed by atoms with van der Waals surface area (Å²) in [5, 5.41) is 17.0. The molecule has 2 aromatic rings. The van der Waals surface area contributed by atoms with E-state index < -0.39 is 5.97 Å². The van der Waals surface area contributed by atoms with Crippen LogP contribution in [0.25, 0.3) is 11.0 Å². The molecule has 0 aliphatic rings. The van der Waals surface area contributed by atoms with Crippen molar-refractivity contribution in [1.82, 2.24) is 9.13 Å². The van der Waals surface area contributed by atoms with Crippen molar-refractivity contribution >= 4 is 34.0 Å². The molecule has 0 spiro atoms. The van der Waals surface area contributed by atoms with Gasteiger partial charge in [0.05, 0.1) is 11.0 Å². The number of aliphatic carboxylic acids is 1. The molecular weight excluding hydrogens is 310 g/mol. The number of rotatable bonds is 5. The molecule has 2 N–H and O–H groups in total. The number of fused-ring (bicyclic) bond motifs is 1. The zero-order valence-corrected chi connectivity index (χ0v) is 12.5. The Bertz CT molecular complexity index is 630. The van der Waals surface area contributed by atoms with Crippen LogP contribution in [-0.2, 0) is 17.9 Å². The number of benzene rings is 1. The molecule has 0 unspecified atom stereocenters. The predicted molar refractivity (Wildman–Crippen MR) is 78.6 cm³/mol. The van der Waals surface area contributed by atoms with Crippen LogP contribution in [-0.4, -0.2) is 20.2 Å². The fourth-order valence-corrected chi connectivity index (χ4v) is 2.13. The van der Waals surface area contributed by atoms with Crippen molar-refractivity contribution in [2.24, 2.45) is 0 Å². The molecule has 0 aliphatic heterocycles. The van der Waals surface area contributed by atoms with Crippen molar-refractivity contribution < 1.29 is 9.90 Å². The monoisotopic (exact) mass is 327 g/mol. The molecule has 1 aromatic carbocycles. The number of halogens is 1. The molecule has 1 aromatic heterocycles. The van der Waals surface area contributed by atoms with E-state index in [0.29, 0.717) is 0 Å². The Hall–Kier alpha value is -1.56. The second kappa shape index (κ2) is 6.56. The highest BCUT2D eigenvalue weighted by Crippen LogP contribution is 2.13. The van der Waals surface area contributed by atoms with E-state index in [2.05, 4.69) is 6.92 Å². The Morgan fingerprint density at radius 3 is 2.37 bits per heavy atom. The predicted octanol–water partition coefficient (Wildman–Crippen LogP) is 2.38. The van der Waals surface area contributed by atoms with Gasteiger partial charge < -0.3 is 9.67 Å². The topological polar surface area (TPSA) is 71.0 Å². The van der Waals surface area contributed by atoms with Gasteiger partial charge in [0.2, 0.25) is 5.62 Å². The quantitative estimate of drug-likeness (QED) is 0.885. The van der Waals surface area contributed by atoms with Crippen molar-refractivity contribution in [3.05, 3.63) is 29.9 Å². The summed E-state index contributed by atoms with van der Waals surface area (Å²) in [4.78, 5) is 10.9. The van der Waals surface area contributed by atoms with E-state index in [1.165, 1.54) is 4.57 Å². The molecule has 0 fully saturated rings. The Morgan fingerprint density at radius 1 is 1.26 bits per heavy atom. The van der Waals surface area contributed by atoms with Crippen LogP contribution in [0.2, 0.25) is 0 Å². The summed E-state index contributed by atoms with van der Waals surface area (Å²) in [6, 6.07) is 7.57. The molecule has 2 rings (SSSR count). The number of carboxylic acid groups (broad SMARTS) is 1. The van der Waals surface area contributed by atoms with E-state index in [9.17, 15) is 4.79 Å². The molecular formula is C13H18BrN3O2. The van der Waals surface area contributed by atoms with Gasteiger partial charge in [-0.05, 0) is 18.6 Å². The molecule has 0 atom stereocenters. The van der Waals surface area contributed by atoms with Crippen LogP contribution < -0.4 is 5.62 Å². The van der Waals surface area contributed by atoms with Gasteiger partial charge in [-0.25, -0.2) is 0 Å². The number of para-hydroxylation sites is 2. The normalized spacial score (nSPS) is 10.4. The first kappa shape index (κ1) is 15.5. The molecule has 104 valence electrons. The SMILES string of the molecule is Br.CCCCn1c(=N)n(CC(=O)O)c2ccccc21. The van der Waals surface area contributed by atoms with Crippen LogP contribution in [0, 0.1) is 5.41 Å². The highest BCUT2D eigenvalue weighted by Gasteiger charge is 2.11. The summed E-state index contributed by atoms with van der Waals surface area (Å²) in [5.41, 5.74) is 1.99. The highest BCUT2D eigenvalue weighted by atomic mass is 79.9. The summed E-state index contributed by atoms with van der Waals surface area (Å²) in [5.74, 6) is -0.924. The summed E-state index contributed by atoms with van der Waals surface area (Å²) in [7, 11) is 0. The van der Waals surface area contributed by atoms with Crippen LogP contribution >= 0.6 is 17.0 Å². The van der Waals surface area contributed by atoms with E-state index in [1.54, 1.807) is 0 Å². The van der Waals surface area contributed by atoms with Crippen LogP contribution in [0.15, 0.2) is 24.3 Å². The summed E-state index contributed by atoms with van der Waals surface area (Å²) >= 11 is 0. The van der Waals surface area contributed by atoms with Crippen molar-refractivity contribution in [3.8, 4) is 0 Å². The molecule has 19 heavy (non-hydrogen) atoms. The number of carboxylic acids is 1. The average Bonchev–Trinajstić information content (AvgIpc) is 2.60. The Labute approximate surface area is 121 Å². The highest BCUT2D eigenvalue weighted by molar-refractivity contribution is 8.93. The number of nitrogens with zero attached hydrogens (tertiary/aromatic N) is 2. The number of nitrogens with one attached hydrogen (secondary N) is 1. The number of carbonyl (C=O) groups is 1. The van der Waals surface area contributed by atoms with E-state index in [-0.39, 0.29) is 29.1 Å². The van der Waals surface area contributed by atoms with Crippen LogP contribution in [0.5, 0.6) is 0 Å². The van der Waals surface area contributed by atoms with Crippen molar-refractivity contribution in [1.29, 1.82) is 5.41 Å². The number of unbranched alkanes of at least 4 members (excludes halogenated alkanes) is 1. The van der Waals surface area contributed by atoms with Gasteiger partial charge in [0.15, 0.2) is 0 Å². The third-order valence-electron chi connectivity index (χ3n) is 3.00. The Balaban J connectivity index is 0.00000180. The second-order valence-electron chi connectivity index (χ2n) is 4.30. The lowest BCUT2D eigenvalue weighted by molar-refractivity contribution is -0.137. The van der Waals surface area contributed by atoms with Gasteiger partial charge >= 0.3 is 5.97 Å². The lowest BCUT2D eigenvalue weighted by Gasteiger charge is -2.02. The number of hydrogen-bond donors (Lipinski definition) is 2. The summed E-state index contributed by atoms with van der Waals surface area (Å²) in [6.45, 7) is 2.68. The van der Waals surface area contributed by atoms with Crippen LogP contribution in [0.4, 0.5) is 0 Å². The Morgan fingerprint density at radius 2 is 1.84 bits per heavy atom. The van der Waals surface area contributed by atoms with E-state index in [4.69, 9.17) is 10.5 Å². The van der Waals surface area contributed by atoms with E-state index in [0.717, 1.165) is 30.4 Å². The van der Waals surface area contributed by atoms with Crippen molar-refractivity contribution in [3.63, 3.8) is 0 Å². The molecule has 6 heteroatoms. The molecule has 0 radical (unpaired) electrons. The first-order valence-electron chi connectivity index (χ1n) is 6.09. The zero-order chi connectivity index (χ0) is 13.1. The lowest BCUT2D eigenvalue weighted by Crippen LogP contribution is -2.27. The third kappa shape index (κ3) is 3.07. The standard InChI is InChI=1S/C13H17N3O2.BrH/c1-2-3-8-15-10-6-4-5-7-11(10)16(13(15)14)9-12(17)18;/h4-7,14H,2-3,8-9H2,1H3,(H,17,18);1H. The van der Waals surface area contributed by atoms with Gasteiger partial charge in [0.25, 0.3) is 0 Å². The first-order valence-corrected chi connectivity index (χ1v) is 6.09. The van der Waals surface area contributed by atoms with Crippen LogP contribution in [0.3, 0.4) is 0 Å². The minimum Gasteiger partial charge on any atom is -0.480 e. The third-order valence-corrected chi connectivity index (χ3v) is 3.00. The minimum atomic E-state index is -0.924. The molecule has 0 bridgehead atoms. The minimum absolute atomic E-state index is 0. The molecule has 0 saturated heterocycles. The smallest absolute Gasteiger partial charge is 0.323 e. The molecule has 0 amide bonds. The lowest BCUT2D eigenvalue weighted by atomic mass is 10.3. The van der Waals surface area contributed by atoms with Crippen molar-refractivity contribution in [2.75, 3.05) is 0 Å². The second-order valence-corrected chi connectivity index (χ2v) is 4.30. The molecule has 0 saturated carbocycles. The van der Waals surface area contributed by atoms with Gasteiger partial charge in [-0.2, -0.15) is 0 Å². The summed E-state index contributed by atoms with van der Waals surface area (Å²) < 4.78 is 3.41. The van der Waals surface area contributed by atoms with Gasteiger partial charge in [0.1, 0.15) is 6.54 Å². The maximum Gasteiger partial charge on any atom is 0.323 e. The van der Waals surface area contributed by atoms with Gasteiger partial charge in [-0.15, -0.1) is 17.0 Å². The number of imidazole rings is 1. The first-order chi connectivity index (χ1) is 8.65. The number of aryl methyl sites for hydroxylation is 1. The maximum absolute atomic E-state index is 10.9.